The van der Waals surface area contributed by atoms with Gasteiger partial charge in [-0.3, -0.25) is 9.59 Å². The van der Waals surface area contributed by atoms with E-state index in [9.17, 15) is 14.7 Å². The zero-order valence-corrected chi connectivity index (χ0v) is 14.6. The number of rotatable bonds is 4. The second kappa shape index (κ2) is 6.59. The van der Waals surface area contributed by atoms with Crippen LogP contribution in [0.2, 0.25) is 5.02 Å². The number of carboxylic acids is 1. The van der Waals surface area contributed by atoms with E-state index in [1.54, 1.807) is 4.90 Å². The van der Waals surface area contributed by atoms with Crippen molar-refractivity contribution in [3.8, 4) is 0 Å². The van der Waals surface area contributed by atoms with Crippen molar-refractivity contribution in [2.45, 2.75) is 31.3 Å². The molecule has 1 aromatic rings. The van der Waals surface area contributed by atoms with Crippen LogP contribution in [0.15, 0.2) is 24.3 Å². The first-order valence-corrected chi connectivity index (χ1v) is 9.19. The number of carboxylic acid groups (broad SMARTS) is 1. The van der Waals surface area contributed by atoms with E-state index in [2.05, 4.69) is 10.9 Å². The van der Waals surface area contributed by atoms with Crippen LogP contribution in [0.25, 0.3) is 0 Å². The van der Waals surface area contributed by atoms with Gasteiger partial charge in [-0.2, -0.15) is 0 Å². The minimum atomic E-state index is -0.779. The van der Waals surface area contributed by atoms with Crippen LogP contribution in [-0.4, -0.2) is 41.0 Å². The van der Waals surface area contributed by atoms with Crippen LogP contribution in [0.5, 0.6) is 0 Å². The Morgan fingerprint density at radius 3 is 2.60 bits per heavy atom. The van der Waals surface area contributed by atoms with Gasteiger partial charge in [-0.15, -0.1) is 0 Å². The molecule has 0 bridgehead atoms. The highest BCUT2D eigenvalue weighted by atomic mass is 35.5. The largest absolute Gasteiger partial charge is 0.481 e. The summed E-state index contributed by atoms with van der Waals surface area (Å²) >= 11 is 6.25. The molecule has 2 unspecified atom stereocenters. The van der Waals surface area contributed by atoms with E-state index >= 15 is 0 Å². The first-order chi connectivity index (χ1) is 12.0. The Labute approximate surface area is 151 Å². The Morgan fingerprint density at radius 1 is 1.16 bits per heavy atom. The van der Waals surface area contributed by atoms with E-state index in [0.29, 0.717) is 30.5 Å². The Morgan fingerprint density at radius 2 is 1.92 bits per heavy atom. The number of hydrazine groups is 1. The van der Waals surface area contributed by atoms with Gasteiger partial charge in [-0.25, -0.2) is 10.9 Å². The van der Waals surface area contributed by atoms with Crippen molar-refractivity contribution in [3.63, 3.8) is 0 Å². The van der Waals surface area contributed by atoms with Gasteiger partial charge in [-0.05, 0) is 42.7 Å². The molecule has 3 N–H and O–H groups in total. The number of amides is 1. The van der Waals surface area contributed by atoms with Gasteiger partial charge in [0.15, 0.2) is 0 Å². The molecule has 3 fully saturated rings. The van der Waals surface area contributed by atoms with Crippen molar-refractivity contribution in [1.82, 2.24) is 15.8 Å². The van der Waals surface area contributed by atoms with Crippen molar-refractivity contribution in [2.75, 3.05) is 13.1 Å². The zero-order chi connectivity index (χ0) is 17.6. The second-order valence-corrected chi connectivity index (χ2v) is 7.75. The lowest BCUT2D eigenvalue weighted by molar-refractivity contribution is -0.142. The number of nitrogens with zero attached hydrogens (tertiary/aromatic N) is 1. The van der Waals surface area contributed by atoms with E-state index in [0.717, 1.165) is 18.4 Å². The molecular weight excluding hydrogens is 342 g/mol. The molecule has 3 aliphatic rings. The number of aliphatic carboxylic acids is 1. The summed E-state index contributed by atoms with van der Waals surface area (Å²) in [6.07, 6.45) is 2.79. The smallest absolute Gasteiger partial charge is 0.308 e. The molecule has 0 spiro atoms. The summed E-state index contributed by atoms with van der Waals surface area (Å²) in [5.74, 6) is -0.639. The highest BCUT2D eigenvalue weighted by molar-refractivity contribution is 6.31. The van der Waals surface area contributed by atoms with Crippen molar-refractivity contribution in [2.24, 2.45) is 17.8 Å². The maximum absolute atomic E-state index is 12.9. The Bertz CT molecular complexity index is 694. The van der Waals surface area contributed by atoms with E-state index in [1.807, 2.05) is 24.3 Å². The van der Waals surface area contributed by atoms with Crippen molar-refractivity contribution in [3.05, 3.63) is 34.9 Å². The van der Waals surface area contributed by atoms with Crippen molar-refractivity contribution < 1.29 is 14.7 Å². The molecule has 1 saturated carbocycles. The summed E-state index contributed by atoms with van der Waals surface area (Å²) in [5, 5.41) is 10.1. The average molecular weight is 364 g/mol. The predicted octanol–water partition coefficient (Wildman–Crippen LogP) is 1.82. The molecule has 1 amide bonds. The lowest BCUT2D eigenvalue weighted by Gasteiger charge is -2.20. The highest BCUT2D eigenvalue weighted by Crippen LogP contribution is 2.44. The van der Waals surface area contributed by atoms with E-state index < -0.39 is 11.9 Å². The van der Waals surface area contributed by atoms with E-state index in [4.69, 9.17) is 11.6 Å². The molecule has 0 aromatic heterocycles. The molecule has 1 aliphatic carbocycles. The standard InChI is InChI=1S/C18H22ClN3O3/c19-14-4-2-1-3-11(14)15-7-16(21-20-15)17(23)22-8-12(10-5-6-10)13(9-22)18(24)25/h1-4,10,12-13,15-16,20-21H,5-9H2,(H,24,25)/t12-,13+,15?,16?/m1/s1. The molecule has 134 valence electrons. The van der Waals surface area contributed by atoms with Crippen LogP contribution < -0.4 is 10.9 Å². The quantitative estimate of drug-likeness (QED) is 0.760. The third-order valence-corrected chi connectivity index (χ3v) is 6.05. The molecule has 6 nitrogen and oxygen atoms in total. The lowest BCUT2D eigenvalue weighted by Crippen LogP contribution is -2.45. The number of halogens is 1. The minimum Gasteiger partial charge on any atom is -0.481 e. The van der Waals surface area contributed by atoms with Gasteiger partial charge in [0.05, 0.1) is 5.92 Å². The van der Waals surface area contributed by atoms with Gasteiger partial charge in [-0.1, -0.05) is 29.8 Å². The normalized spacial score (nSPS) is 32.1. The number of likely N-dealkylation sites (tertiary alicyclic amines) is 1. The van der Waals surface area contributed by atoms with Crippen molar-refractivity contribution in [1.29, 1.82) is 0 Å². The van der Waals surface area contributed by atoms with Crippen LogP contribution in [0.1, 0.15) is 30.9 Å². The number of carbonyl (C=O) groups excluding carboxylic acids is 1. The topological polar surface area (TPSA) is 81.7 Å². The van der Waals surface area contributed by atoms with Crippen LogP contribution in [0.4, 0.5) is 0 Å². The Hall–Kier alpha value is -1.63. The molecule has 4 rings (SSSR count). The van der Waals surface area contributed by atoms with Crippen LogP contribution in [0.3, 0.4) is 0 Å². The Kier molecular flexibility index (Phi) is 4.43. The lowest BCUT2D eigenvalue weighted by atomic mass is 9.92. The summed E-state index contributed by atoms with van der Waals surface area (Å²) in [6.45, 7) is 0.889. The summed E-state index contributed by atoms with van der Waals surface area (Å²) in [5.41, 5.74) is 7.18. The van der Waals surface area contributed by atoms with Crippen molar-refractivity contribution >= 4 is 23.5 Å². The summed E-state index contributed by atoms with van der Waals surface area (Å²) in [7, 11) is 0. The summed E-state index contributed by atoms with van der Waals surface area (Å²) < 4.78 is 0. The van der Waals surface area contributed by atoms with E-state index in [-0.39, 0.29) is 23.9 Å². The van der Waals surface area contributed by atoms with Gasteiger partial charge in [0.25, 0.3) is 0 Å². The van der Waals surface area contributed by atoms with Crippen LogP contribution >= 0.6 is 11.6 Å². The van der Waals surface area contributed by atoms with Gasteiger partial charge in [0, 0.05) is 24.2 Å². The molecule has 1 aromatic carbocycles. The molecule has 0 radical (unpaired) electrons. The summed E-state index contributed by atoms with van der Waals surface area (Å²) in [6, 6.07) is 7.22. The number of hydrogen-bond acceptors (Lipinski definition) is 4. The molecule has 2 heterocycles. The fraction of sp³-hybridized carbons (Fsp3) is 0.556. The number of nitrogens with one attached hydrogen (secondary N) is 2. The molecule has 2 saturated heterocycles. The van der Waals surface area contributed by atoms with E-state index in [1.165, 1.54) is 0 Å². The third kappa shape index (κ3) is 3.26. The molecule has 25 heavy (non-hydrogen) atoms. The van der Waals surface area contributed by atoms with Gasteiger partial charge < -0.3 is 10.0 Å². The number of benzene rings is 1. The van der Waals surface area contributed by atoms with Crippen LogP contribution in [0, 0.1) is 17.8 Å². The first kappa shape index (κ1) is 16.8. The fourth-order valence-corrected chi connectivity index (χ4v) is 4.44. The highest BCUT2D eigenvalue weighted by Gasteiger charge is 2.48. The zero-order valence-electron chi connectivity index (χ0n) is 13.8. The molecule has 7 heteroatoms. The Balaban J connectivity index is 1.42. The van der Waals surface area contributed by atoms with Crippen LogP contribution in [-0.2, 0) is 9.59 Å². The van der Waals surface area contributed by atoms with Gasteiger partial charge >= 0.3 is 5.97 Å². The second-order valence-electron chi connectivity index (χ2n) is 7.34. The first-order valence-electron chi connectivity index (χ1n) is 8.81. The fourth-order valence-electron chi connectivity index (χ4n) is 4.17. The maximum Gasteiger partial charge on any atom is 0.308 e. The monoisotopic (exact) mass is 363 g/mol. The molecule has 4 atom stereocenters. The number of hydrogen-bond donors (Lipinski definition) is 3. The number of carbonyl (C=O) groups is 2. The molecule has 2 aliphatic heterocycles. The maximum atomic E-state index is 12.9. The SMILES string of the molecule is O=C(O)[C@H]1CN(C(=O)C2CC(c3ccccc3Cl)NN2)C[C@@H]1C1CC1. The van der Waals surface area contributed by atoms with Gasteiger partial charge in [0.1, 0.15) is 6.04 Å². The predicted molar refractivity (Wildman–Crippen MR) is 92.8 cm³/mol. The van der Waals surface area contributed by atoms with Gasteiger partial charge in [0.2, 0.25) is 5.91 Å². The summed E-state index contributed by atoms with van der Waals surface area (Å²) in [4.78, 5) is 26.1. The third-order valence-electron chi connectivity index (χ3n) is 5.70. The average Bonchev–Trinajstić information content (AvgIpc) is 3.16. The molecular formula is C18H22ClN3O3. The minimum absolute atomic E-state index is 0.0172.